The summed E-state index contributed by atoms with van der Waals surface area (Å²) in [4.78, 5) is 8.76. The Labute approximate surface area is 138 Å². The van der Waals surface area contributed by atoms with Crippen molar-refractivity contribution in [3.63, 3.8) is 0 Å². The molecule has 120 valence electrons. The fourth-order valence-corrected chi connectivity index (χ4v) is 2.73. The van der Waals surface area contributed by atoms with Crippen molar-refractivity contribution in [1.82, 2.24) is 15.6 Å². The first-order valence-electron chi connectivity index (χ1n) is 7.52. The summed E-state index contributed by atoms with van der Waals surface area (Å²) >= 11 is 5.90. The van der Waals surface area contributed by atoms with Crippen molar-refractivity contribution in [3.8, 4) is 11.4 Å². The van der Waals surface area contributed by atoms with Crippen LogP contribution in [0.3, 0.4) is 0 Å². The number of hydrogen-bond acceptors (Lipinski definition) is 5. The maximum Gasteiger partial charge on any atom is 0.256 e. The van der Waals surface area contributed by atoms with Gasteiger partial charge in [-0.05, 0) is 49.9 Å². The van der Waals surface area contributed by atoms with E-state index in [2.05, 4.69) is 15.1 Å². The summed E-state index contributed by atoms with van der Waals surface area (Å²) in [6.07, 6.45) is 6.16. The molecular weight excluding hydrogens is 316 g/mol. The molecule has 6 nitrogen and oxygen atoms in total. The Hall–Kier alpha value is -2.18. The second-order valence-electron chi connectivity index (χ2n) is 5.30. The van der Waals surface area contributed by atoms with Crippen molar-refractivity contribution in [3.05, 3.63) is 40.9 Å². The topological polar surface area (TPSA) is 83.5 Å². The SMILES string of the molecule is ONC=NC1=C(c2nc(-c3ccc(Cl)cc3)no2)CCCCC1. The van der Waals surface area contributed by atoms with Gasteiger partial charge in [0.1, 0.15) is 6.34 Å². The largest absolute Gasteiger partial charge is 0.334 e. The molecule has 0 unspecified atom stereocenters. The van der Waals surface area contributed by atoms with E-state index < -0.39 is 0 Å². The predicted octanol–water partition coefficient (Wildman–Crippen LogP) is 4.07. The summed E-state index contributed by atoms with van der Waals surface area (Å²) in [5.74, 6) is 1.01. The van der Waals surface area contributed by atoms with E-state index in [1.54, 1.807) is 12.1 Å². The van der Waals surface area contributed by atoms with Crippen LogP contribution in [0.15, 0.2) is 39.5 Å². The highest BCUT2D eigenvalue weighted by molar-refractivity contribution is 6.30. The van der Waals surface area contributed by atoms with Crippen LogP contribution < -0.4 is 5.48 Å². The Kier molecular flexibility index (Phi) is 5.05. The molecule has 0 aliphatic heterocycles. The van der Waals surface area contributed by atoms with Gasteiger partial charge in [-0.1, -0.05) is 23.2 Å². The highest BCUT2D eigenvalue weighted by Gasteiger charge is 2.19. The van der Waals surface area contributed by atoms with Crippen LogP contribution >= 0.6 is 11.6 Å². The van der Waals surface area contributed by atoms with E-state index >= 15 is 0 Å². The van der Waals surface area contributed by atoms with Crippen LogP contribution in [0, 0.1) is 0 Å². The van der Waals surface area contributed by atoms with Gasteiger partial charge in [-0.3, -0.25) is 10.7 Å². The summed E-state index contributed by atoms with van der Waals surface area (Å²) in [7, 11) is 0. The van der Waals surface area contributed by atoms with Crippen LogP contribution in [0.2, 0.25) is 5.02 Å². The van der Waals surface area contributed by atoms with Gasteiger partial charge >= 0.3 is 0 Å². The molecule has 0 fully saturated rings. The van der Waals surface area contributed by atoms with Crippen molar-refractivity contribution in [2.24, 2.45) is 4.99 Å². The lowest BCUT2D eigenvalue weighted by molar-refractivity contribution is 0.239. The number of hydrogen-bond donors (Lipinski definition) is 2. The Morgan fingerprint density at radius 3 is 2.74 bits per heavy atom. The molecule has 0 bridgehead atoms. The van der Waals surface area contributed by atoms with Crippen LogP contribution in [-0.2, 0) is 0 Å². The number of allylic oxidation sites excluding steroid dienone is 2. The van der Waals surface area contributed by atoms with Crippen molar-refractivity contribution < 1.29 is 9.73 Å². The Morgan fingerprint density at radius 1 is 1.17 bits per heavy atom. The third kappa shape index (κ3) is 3.78. The number of nitrogens with one attached hydrogen (secondary N) is 1. The van der Waals surface area contributed by atoms with E-state index in [0.717, 1.165) is 48.9 Å². The Morgan fingerprint density at radius 2 is 1.96 bits per heavy atom. The van der Waals surface area contributed by atoms with Gasteiger partial charge in [-0.15, -0.1) is 0 Å². The van der Waals surface area contributed by atoms with Gasteiger partial charge in [0.05, 0.1) is 5.70 Å². The lowest BCUT2D eigenvalue weighted by Gasteiger charge is -2.03. The molecular formula is C16H17ClN4O2. The third-order valence-corrected chi connectivity index (χ3v) is 4.01. The summed E-state index contributed by atoms with van der Waals surface area (Å²) in [5, 5.41) is 13.4. The van der Waals surface area contributed by atoms with E-state index in [4.69, 9.17) is 21.3 Å². The molecule has 7 heteroatoms. The maximum absolute atomic E-state index is 8.72. The summed E-state index contributed by atoms with van der Waals surface area (Å²) < 4.78 is 5.45. The molecule has 0 saturated carbocycles. The van der Waals surface area contributed by atoms with Gasteiger partial charge in [0.25, 0.3) is 5.89 Å². The van der Waals surface area contributed by atoms with Gasteiger partial charge in [0, 0.05) is 16.2 Å². The zero-order chi connectivity index (χ0) is 16.1. The standard InChI is InChI=1S/C16H17ClN4O2/c17-12-8-6-11(7-9-12)15-20-16(23-21-15)13-4-2-1-3-5-14(13)18-10-19-22/h6-10,22H,1-5H2,(H,18,19). The van der Waals surface area contributed by atoms with Crippen LogP contribution in [0.1, 0.15) is 38.0 Å². The second-order valence-corrected chi connectivity index (χ2v) is 5.74. The molecule has 0 atom stereocenters. The first-order valence-corrected chi connectivity index (χ1v) is 7.90. The number of rotatable bonds is 4. The molecule has 2 aromatic rings. The molecule has 3 rings (SSSR count). The molecule has 1 aromatic carbocycles. The molecule has 1 aliphatic carbocycles. The van der Waals surface area contributed by atoms with Crippen LogP contribution in [-0.4, -0.2) is 21.7 Å². The Bertz CT molecular complexity index is 722. The van der Waals surface area contributed by atoms with Crippen molar-refractivity contribution in [2.45, 2.75) is 32.1 Å². The van der Waals surface area contributed by atoms with Gasteiger partial charge < -0.3 is 4.52 Å². The fourth-order valence-electron chi connectivity index (χ4n) is 2.61. The number of hydroxylamine groups is 1. The summed E-state index contributed by atoms with van der Waals surface area (Å²) in [6, 6.07) is 7.29. The number of aromatic nitrogens is 2. The van der Waals surface area contributed by atoms with Gasteiger partial charge in [0.2, 0.25) is 5.82 Å². The highest BCUT2D eigenvalue weighted by atomic mass is 35.5. The first-order chi connectivity index (χ1) is 11.3. The van der Waals surface area contributed by atoms with Crippen molar-refractivity contribution >= 4 is 23.5 Å². The molecule has 0 radical (unpaired) electrons. The lowest BCUT2D eigenvalue weighted by Crippen LogP contribution is -2.02. The zero-order valence-corrected chi connectivity index (χ0v) is 13.3. The van der Waals surface area contributed by atoms with E-state index in [1.165, 1.54) is 6.34 Å². The monoisotopic (exact) mass is 332 g/mol. The van der Waals surface area contributed by atoms with Gasteiger partial charge in [0.15, 0.2) is 0 Å². The van der Waals surface area contributed by atoms with E-state index in [-0.39, 0.29) is 0 Å². The van der Waals surface area contributed by atoms with Crippen molar-refractivity contribution in [1.29, 1.82) is 0 Å². The molecule has 2 N–H and O–H groups in total. The van der Waals surface area contributed by atoms with Crippen LogP contribution in [0.4, 0.5) is 0 Å². The van der Waals surface area contributed by atoms with Gasteiger partial charge in [-0.2, -0.15) is 4.98 Å². The van der Waals surface area contributed by atoms with E-state index in [9.17, 15) is 0 Å². The number of halogens is 1. The van der Waals surface area contributed by atoms with E-state index in [1.807, 2.05) is 17.6 Å². The molecule has 1 heterocycles. The molecule has 0 amide bonds. The average molecular weight is 333 g/mol. The predicted molar refractivity (Wildman–Crippen MR) is 88.2 cm³/mol. The summed E-state index contributed by atoms with van der Waals surface area (Å²) in [5.41, 5.74) is 4.60. The van der Waals surface area contributed by atoms with E-state index in [0.29, 0.717) is 16.7 Å². The van der Waals surface area contributed by atoms with Gasteiger partial charge in [-0.25, -0.2) is 4.99 Å². The normalized spacial score (nSPS) is 15.9. The lowest BCUT2D eigenvalue weighted by atomic mass is 10.1. The molecule has 0 spiro atoms. The summed E-state index contributed by atoms with van der Waals surface area (Å²) in [6.45, 7) is 0. The first kappa shape index (κ1) is 15.7. The second kappa shape index (κ2) is 7.39. The highest BCUT2D eigenvalue weighted by Crippen LogP contribution is 2.32. The number of nitrogens with zero attached hydrogens (tertiary/aromatic N) is 3. The molecule has 23 heavy (non-hydrogen) atoms. The minimum Gasteiger partial charge on any atom is -0.334 e. The zero-order valence-electron chi connectivity index (χ0n) is 12.5. The minimum atomic E-state index is 0.488. The smallest absolute Gasteiger partial charge is 0.256 e. The maximum atomic E-state index is 8.72. The molecule has 0 saturated heterocycles. The number of aliphatic imine (C=N–C) groups is 1. The molecule has 1 aromatic heterocycles. The van der Waals surface area contributed by atoms with Crippen LogP contribution in [0.25, 0.3) is 17.0 Å². The van der Waals surface area contributed by atoms with Crippen LogP contribution in [0.5, 0.6) is 0 Å². The quantitative estimate of drug-likeness (QED) is 0.501. The average Bonchev–Trinajstić information content (AvgIpc) is 2.93. The molecule has 1 aliphatic rings. The number of benzene rings is 1. The third-order valence-electron chi connectivity index (χ3n) is 3.75. The minimum absolute atomic E-state index is 0.488. The van der Waals surface area contributed by atoms with Crippen molar-refractivity contribution in [2.75, 3.05) is 0 Å². The fraction of sp³-hybridized carbons (Fsp3) is 0.312. The Balaban J connectivity index is 1.94.